The second kappa shape index (κ2) is 2.03. The Balaban J connectivity index is 1.76. The molecule has 12 heavy (non-hydrogen) atoms. The van der Waals surface area contributed by atoms with Gasteiger partial charge in [0.15, 0.2) is 5.79 Å². The smallest absolute Gasteiger partial charge is 0.168 e. The molecule has 1 saturated heterocycles. The van der Waals surface area contributed by atoms with Crippen molar-refractivity contribution in [3.05, 3.63) is 0 Å². The van der Waals surface area contributed by atoms with Gasteiger partial charge in [0.1, 0.15) is 0 Å². The fourth-order valence-electron chi connectivity index (χ4n) is 2.58. The molecule has 2 atom stereocenters. The van der Waals surface area contributed by atoms with Crippen LogP contribution in [0.4, 0.5) is 0 Å². The van der Waals surface area contributed by atoms with Gasteiger partial charge in [0.25, 0.3) is 0 Å². The summed E-state index contributed by atoms with van der Waals surface area (Å²) in [6.07, 6.45) is 3.60. The third-order valence-electron chi connectivity index (χ3n) is 3.51. The van der Waals surface area contributed by atoms with Gasteiger partial charge in [-0.25, -0.2) is 0 Å². The topological polar surface area (TPSA) is 38.7 Å². The lowest BCUT2D eigenvalue weighted by molar-refractivity contribution is -0.189. The summed E-state index contributed by atoms with van der Waals surface area (Å²) in [5.41, 5.74) is -0.333. The molecule has 1 N–H and O–H groups in total. The van der Waals surface area contributed by atoms with E-state index in [-0.39, 0.29) is 11.4 Å². The Labute approximate surface area is 71.7 Å². The van der Waals surface area contributed by atoms with Crippen molar-refractivity contribution in [2.24, 2.45) is 5.92 Å². The SMILES string of the molecule is OC12CCC3(CC1C2)OCCO3. The van der Waals surface area contributed by atoms with Gasteiger partial charge in [0, 0.05) is 12.8 Å². The van der Waals surface area contributed by atoms with Crippen LogP contribution >= 0.6 is 0 Å². The van der Waals surface area contributed by atoms with E-state index in [9.17, 15) is 5.11 Å². The number of ether oxygens (including phenoxy) is 2. The zero-order valence-electron chi connectivity index (χ0n) is 7.08. The van der Waals surface area contributed by atoms with Crippen LogP contribution in [0.5, 0.6) is 0 Å². The summed E-state index contributed by atoms with van der Waals surface area (Å²) in [5, 5.41) is 9.78. The van der Waals surface area contributed by atoms with Crippen LogP contribution in [0.3, 0.4) is 0 Å². The van der Waals surface area contributed by atoms with Gasteiger partial charge in [-0.1, -0.05) is 0 Å². The summed E-state index contributed by atoms with van der Waals surface area (Å²) >= 11 is 0. The van der Waals surface area contributed by atoms with E-state index in [1.54, 1.807) is 0 Å². The van der Waals surface area contributed by atoms with Crippen LogP contribution in [0.1, 0.15) is 25.7 Å². The predicted octanol–water partition coefficient (Wildman–Crippen LogP) is 0.664. The van der Waals surface area contributed by atoms with Crippen molar-refractivity contribution >= 4 is 0 Å². The van der Waals surface area contributed by atoms with Crippen molar-refractivity contribution in [2.45, 2.75) is 37.1 Å². The number of hydrogen-bond acceptors (Lipinski definition) is 3. The molecule has 0 amide bonds. The zero-order chi connectivity index (χ0) is 8.23. The maximum Gasteiger partial charge on any atom is 0.168 e. The van der Waals surface area contributed by atoms with Crippen molar-refractivity contribution in [1.29, 1.82) is 0 Å². The molecule has 0 bridgehead atoms. The van der Waals surface area contributed by atoms with Crippen molar-refractivity contribution in [3.63, 3.8) is 0 Å². The Kier molecular flexibility index (Phi) is 1.23. The third kappa shape index (κ3) is 0.873. The van der Waals surface area contributed by atoms with Crippen LogP contribution in [-0.2, 0) is 9.47 Å². The second-order valence-corrected chi connectivity index (χ2v) is 4.32. The molecule has 2 aliphatic carbocycles. The van der Waals surface area contributed by atoms with Gasteiger partial charge in [0.2, 0.25) is 0 Å². The first-order valence-electron chi connectivity index (χ1n) is 4.73. The highest BCUT2D eigenvalue weighted by atomic mass is 16.7. The second-order valence-electron chi connectivity index (χ2n) is 4.32. The quantitative estimate of drug-likeness (QED) is 0.580. The summed E-state index contributed by atoms with van der Waals surface area (Å²) < 4.78 is 11.2. The minimum Gasteiger partial charge on any atom is -0.390 e. The average Bonchev–Trinajstić information content (AvgIpc) is 2.51. The lowest BCUT2D eigenvalue weighted by Crippen LogP contribution is -2.37. The fraction of sp³-hybridized carbons (Fsp3) is 1.00. The lowest BCUT2D eigenvalue weighted by Gasteiger charge is -2.32. The molecule has 68 valence electrons. The van der Waals surface area contributed by atoms with Gasteiger partial charge >= 0.3 is 0 Å². The Morgan fingerprint density at radius 1 is 1.08 bits per heavy atom. The molecule has 3 aliphatic rings. The van der Waals surface area contributed by atoms with Crippen molar-refractivity contribution in [2.75, 3.05) is 13.2 Å². The van der Waals surface area contributed by atoms with Crippen LogP contribution in [0.15, 0.2) is 0 Å². The Morgan fingerprint density at radius 2 is 1.83 bits per heavy atom. The molecule has 3 heteroatoms. The van der Waals surface area contributed by atoms with E-state index >= 15 is 0 Å². The molecule has 0 aromatic rings. The Bertz CT molecular complexity index is 210. The third-order valence-corrected chi connectivity index (χ3v) is 3.51. The first-order valence-corrected chi connectivity index (χ1v) is 4.73. The molecule has 1 spiro atoms. The van der Waals surface area contributed by atoms with E-state index < -0.39 is 0 Å². The monoisotopic (exact) mass is 170 g/mol. The lowest BCUT2D eigenvalue weighted by atomic mass is 9.92. The van der Waals surface area contributed by atoms with Crippen molar-refractivity contribution in [3.8, 4) is 0 Å². The molecule has 3 nitrogen and oxygen atoms in total. The average molecular weight is 170 g/mol. The summed E-state index contributed by atoms with van der Waals surface area (Å²) in [6, 6.07) is 0. The largest absolute Gasteiger partial charge is 0.390 e. The van der Waals surface area contributed by atoms with Gasteiger partial charge in [-0.05, 0) is 18.8 Å². The standard InChI is InChI=1S/C9H14O3/c10-8-1-2-9(6-7(8)5-8)11-3-4-12-9/h7,10H,1-6H2. The highest BCUT2D eigenvalue weighted by Crippen LogP contribution is 2.57. The van der Waals surface area contributed by atoms with Crippen molar-refractivity contribution in [1.82, 2.24) is 0 Å². The first kappa shape index (κ1) is 7.30. The van der Waals surface area contributed by atoms with E-state index in [1.165, 1.54) is 0 Å². The summed E-state index contributed by atoms with van der Waals surface area (Å²) in [4.78, 5) is 0. The molecule has 1 heterocycles. The van der Waals surface area contributed by atoms with Crippen LogP contribution in [0.25, 0.3) is 0 Å². The Hall–Kier alpha value is -0.120. The minimum absolute atomic E-state index is 0.298. The van der Waals surface area contributed by atoms with Gasteiger partial charge in [0.05, 0.1) is 18.8 Å². The highest BCUT2D eigenvalue weighted by molar-refractivity contribution is 5.09. The first-order chi connectivity index (χ1) is 5.73. The van der Waals surface area contributed by atoms with E-state index in [0.717, 1.165) is 38.9 Å². The van der Waals surface area contributed by atoms with Gasteiger partial charge in [-0.15, -0.1) is 0 Å². The van der Waals surface area contributed by atoms with Gasteiger partial charge in [-0.2, -0.15) is 0 Å². The van der Waals surface area contributed by atoms with E-state index in [2.05, 4.69) is 0 Å². The highest BCUT2D eigenvalue weighted by Gasteiger charge is 2.61. The van der Waals surface area contributed by atoms with Gasteiger partial charge in [-0.3, -0.25) is 0 Å². The van der Waals surface area contributed by atoms with Gasteiger partial charge < -0.3 is 14.6 Å². The zero-order valence-corrected chi connectivity index (χ0v) is 7.08. The maximum atomic E-state index is 9.78. The normalized spacial score (nSPS) is 49.2. The van der Waals surface area contributed by atoms with Crippen LogP contribution in [-0.4, -0.2) is 29.7 Å². The molecule has 3 rings (SSSR count). The molecular formula is C9H14O3. The number of hydrogen-bond donors (Lipinski definition) is 1. The summed E-state index contributed by atoms with van der Waals surface area (Å²) in [5.74, 6) is 0.150. The molecule has 0 radical (unpaired) electrons. The van der Waals surface area contributed by atoms with Crippen LogP contribution in [0.2, 0.25) is 0 Å². The van der Waals surface area contributed by atoms with Crippen LogP contribution < -0.4 is 0 Å². The fourth-order valence-corrected chi connectivity index (χ4v) is 2.58. The summed E-state index contributed by atoms with van der Waals surface area (Å²) in [6.45, 7) is 1.45. The molecule has 0 aromatic carbocycles. The Morgan fingerprint density at radius 3 is 2.50 bits per heavy atom. The predicted molar refractivity (Wildman–Crippen MR) is 41.5 cm³/mol. The van der Waals surface area contributed by atoms with Crippen molar-refractivity contribution < 1.29 is 14.6 Å². The van der Waals surface area contributed by atoms with E-state index in [1.807, 2.05) is 0 Å². The molecule has 3 fully saturated rings. The maximum absolute atomic E-state index is 9.78. The van der Waals surface area contributed by atoms with E-state index in [0.29, 0.717) is 5.92 Å². The van der Waals surface area contributed by atoms with Crippen LogP contribution in [0, 0.1) is 5.92 Å². The number of aliphatic hydroxyl groups is 1. The molecule has 1 aliphatic heterocycles. The molecular weight excluding hydrogens is 156 g/mol. The van der Waals surface area contributed by atoms with E-state index in [4.69, 9.17) is 9.47 Å². The molecule has 0 aromatic heterocycles. The number of fused-ring (bicyclic) bond motifs is 1. The minimum atomic E-state index is -0.333. The molecule has 2 unspecified atom stereocenters. The summed E-state index contributed by atoms with van der Waals surface area (Å²) in [7, 11) is 0. The number of rotatable bonds is 0. The molecule has 2 saturated carbocycles.